The number of carbonyl (C=O) groups is 2. The highest BCUT2D eigenvalue weighted by molar-refractivity contribution is 6.11. The number of Topliss-reactive ketones (excluding diaryl/α,β-unsaturated/α-hetero) is 1. The lowest BCUT2D eigenvalue weighted by molar-refractivity contribution is -0.153. The molecule has 108 valence electrons. The van der Waals surface area contributed by atoms with Gasteiger partial charge in [-0.2, -0.15) is 0 Å². The SMILES string of the molecule is CCOC(=O)C1(c2cc(C)c(O)c(O)c2)CCCC1=O. The molecule has 0 saturated heterocycles. The topological polar surface area (TPSA) is 83.8 Å². The Balaban J connectivity index is 2.58. The molecule has 1 unspecified atom stereocenters. The quantitative estimate of drug-likeness (QED) is 0.501. The number of hydrogen-bond donors (Lipinski definition) is 2. The minimum Gasteiger partial charge on any atom is -0.504 e. The third-order valence-electron chi connectivity index (χ3n) is 3.83. The van der Waals surface area contributed by atoms with Crippen molar-refractivity contribution < 1.29 is 24.5 Å². The smallest absolute Gasteiger partial charge is 0.324 e. The van der Waals surface area contributed by atoms with E-state index in [9.17, 15) is 19.8 Å². The highest BCUT2D eigenvalue weighted by Gasteiger charge is 2.51. The molecule has 1 aliphatic rings. The third-order valence-corrected chi connectivity index (χ3v) is 3.83. The van der Waals surface area contributed by atoms with Crippen LogP contribution in [0.1, 0.15) is 37.3 Å². The molecule has 2 N–H and O–H groups in total. The monoisotopic (exact) mass is 278 g/mol. The molecular weight excluding hydrogens is 260 g/mol. The highest BCUT2D eigenvalue weighted by Crippen LogP contribution is 2.43. The Labute approximate surface area is 117 Å². The Kier molecular flexibility index (Phi) is 3.70. The Bertz CT molecular complexity index is 540. The second-order valence-electron chi connectivity index (χ2n) is 5.06. The second kappa shape index (κ2) is 5.15. The number of rotatable bonds is 3. The molecule has 0 heterocycles. The Morgan fingerprint density at radius 2 is 2.10 bits per heavy atom. The summed E-state index contributed by atoms with van der Waals surface area (Å²) in [6, 6.07) is 2.84. The summed E-state index contributed by atoms with van der Waals surface area (Å²) in [5, 5.41) is 19.4. The number of hydrogen-bond acceptors (Lipinski definition) is 5. The van der Waals surface area contributed by atoms with Crippen molar-refractivity contribution in [1.29, 1.82) is 0 Å². The molecular formula is C15H18O5. The van der Waals surface area contributed by atoms with Gasteiger partial charge in [0.05, 0.1) is 6.61 Å². The third kappa shape index (κ3) is 2.03. The molecule has 0 aliphatic heterocycles. The van der Waals surface area contributed by atoms with Gasteiger partial charge in [0.25, 0.3) is 0 Å². The lowest BCUT2D eigenvalue weighted by atomic mass is 9.77. The maximum absolute atomic E-state index is 12.3. The molecule has 0 radical (unpaired) electrons. The van der Waals surface area contributed by atoms with Gasteiger partial charge in [0.1, 0.15) is 0 Å². The van der Waals surface area contributed by atoms with Crippen molar-refractivity contribution in [3.05, 3.63) is 23.3 Å². The molecule has 20 heavy (non-hydrogen) atoms. The average Bonchev–Trinajstić information content (AvgIpc) is 2.78. The van der Waals surface area contributed by atoms with E-state index < -0.39 is 11.4 Å². The fourth-order valence-electron chi connectivity index (χ4n) is 2.77. The Morgan fingerprint density at radius 1 is 1.40 bits per heavy atom. The number of aromatic hydroxyl groups is 2. The molecule has 1 fully saturated rings. The van der Waals surface area contributed by atoms with Crippen molar-refractivity contribution in [2.75, 3.05) is 6.61 Å². The normalized spacial score (nSPS) is 22.0. The molecule has 5 heteroatoms. The van der Waals surface area contributed by atoms with Crippen LogP contribution in [-0.2, 0) is 19.7 Å². The minimum atomic E-state index is -1.34. The number of benzene rings is 1. The van der Waals surface area contributed by atoms with E-state index in [4.69, 9.17) is 4.74 Å². The predicted octanol–water partition coefficient (Wildman–Crippen LogP) is 1.96. The number of phenolic OH excluding ortho intramolecular Hbond substituents is 2. The minimum absolute atomic E-state index is 0.191. The van der Waals surface area contributed by atoms with Gasteiger partial charge < -0.3 is 14.9 Å². The number of aryl methyl sites for hydroxylation is 1. The summed E-state index contributed by atoms with van der Waals surface area (Å²) in [6.45, 7) is 3.48. The van der Waals surface area contributed by atoms with Crippen LogP contribution in [0.25, 0.3) is 0 Å². The molecule has 0 bridgehead atoms. The summed E-state index contributed by atoms with van der Waals surface area (Å²) in [5.41, 5.74) is -0.527. The first kappa shape index (κ1) is 14.4. The Hall–Kier alpha value is -2.04. The molecule has 1 aromatic rings. The summed E-state index contributed by atoms with van der Waals surface area (Å²) < 4.78 is 5.06. The summed E-state index contributed by atoms with van der Waals surface area (Å²) in [4.78, 5) is 24.6. The Morgan fingerprint density at radius 3 is 2.60 bits per heavy atom. The van der Waals surface area contributed by atoms with Gasteiger partial charge in [-0.1, -0.05) is 6.07 Å². The van der Waals surface area contributed by atoms with Gasteiger partial charge in [0.2, 0.25) is 0 Å². The van der Waals surface area contributed by atoms with E-state index in [1.165, 1.54) is 6.07 Å². The molecule has 0 aromatic heterocycles. The summed E-state index contributed by atoms with van der Waals surface area (Å²) in [6.07, 6.45) is 1.30. The first-order valence-electron chi connectivity index (χ1n) is 6.67. The first-order valence-corrected chi connectivity index (χ1v) is 6.67. The van der Waals surface area contributed by atoms with E-state index in [1.54, 1.807) is 19.9 Å². The summed E-state index contributed by atoms with van der Waals surface area (Å²) >= 11 is 0. The summed E-state index contributed by atoms with van der Waals surface area (Å²) in [7, 11) is 0. The van der Waals surface area contributed by atoms with Crippen LogP contribution in [0.2, 0.25) is 0 Å². The summed E-state index contributed by atoms with van der Waals surface area (Å²) in [5.74, 6) is -1.34. The second-order valence-corrected chi connectivity index (χ2v) is 5.06. The van der Waals surface area contributed by atoms with E-state index in [-0.39, 0.29) is 23.9 Å². The zero-order valence-electron chi connectivity index (χ0n) is 11.6. The highest BCUT2D eigenvalue weighted by atomic mass is 16.5. The van der Waals surface area contributed by atoms with Gasteiger partial charge in [-0.25, -0.2) is 0 Å². The fourth-order valence-corrected chi connectivity index (χ4v) is 2.77. The van der Waals surface area contributed by atoms with E-state index in [2.05, 4.69) is 0 Å². The molecule has 1 aliphatic carbocycles. The van der Waals surface area contributed by atoms with E-state index in [1.807, 2.05) is 0 Å². The van der Waals surface area contributed by atoms with Crippen molar-refractivity contribution in [3.63, 3.8) is 0 Å². The van der Waals surface area contributed by atoms with Crippen LogP contribution in [-0.4, -0.2) is 28.6 Å². The van der Waals surface area contributed by atoms with Crippen LogP contribution in [0, 0.1) is 6.92 Å². The molecule has 0 spiro atoms. The van der Waals surface area contributed by atoms with Crippen molar-refractivity contribution in [2.45, 2.75) is 38.5 Å². The van der Waals surface area contributed by atoms with E-state index in [0.29, 0.717) is 30.4 Å². The van der Waals surface area contributed by atoms with Crippen molar-refractivity contribution in [1.82, 2.24) is 0 Å². The van der Waals surface area contributed by atoms with Crippen LogP contribution in [0.5, 0.6) is 11.5 Å². The average molecular weight is 278 g/mol. The van der Waals surface area contributed by atoms with Gasteiger partial charge in [0.15, 0.2) is 22.7 Å². The van der Waals surface area contributed by atoms with Crippen molar-refractivity contribution >= 4 is 11.8 Å². The van der Waals surface area contributed by atoms with Crippen LogP contribution in [0.15, 0.2) is 12.1 Å². The van der Waals surface area contributed by atoms with Crippen molar-refractivity contribution in [2.24, 2.45) is 0 Å². The number of ketones is 1. The molecule has 1 aromatic carbocycles. The standard InChI is InChI=1S/C15H18O5/c1-3-20-14(19)15(6-4-5-12(15)17)10-7-9(2)13(18)11(16)8-10/h7-8,16,18H,3-6H2,1-2H3. The predicted molar refractivity (Wildman–Crippen MR) is 71.7 cm³/mol. The lowest BCUT2D eigenvalue weighted by Gasteiger charge is -2.26. The molecule has 0 amide bonds. The molecule has 5 nitrogen and oxygen atoms in total. The van der Waals surface area contributed by atoms with Gasteiger partial charge in [-0.3, -0.25) is 9.59 Å². The zero-order valence-corrected chi connectivity index (χ0v) is 11.6. The largest absolute Gasteiger partial charge is 0.504 e. The van der Waals surface area contributed by atoms with E-state index >= 15 is 0 Å². The number of ether oxygens (including phenoxy) is 1. The molecule has 1 atom stereocenters. The van der Waals surface area contributed by atoms with Gasteiger partial charge in [-0.15, -0.1) is 0 Å². The zero-order chi connectivity index (χ0) is 14.9. The van der Waals surface area contributed by atoms with Crippen molar-refractivity contribution in [3.8, 4) is 11.5 Å². The van der Waals surface area contributed by atoms with Crippen LogP contribution >= 0.6 is 0 Å². The number of esters is 1. The lowest BCUT2D eigenvalue weighted by Crippen LogP contribution is -2.41. The van der Waals surface area contributed by atoms with Crippen LogP contribution < -0.4 is 0 Å². The number of phenols is 2. The van der Waals surface area contributed by atoms with Gasteiger partial charge in [-0.05, 0) is 43.9 Å². The van der Waals surface area contributed by atoms with Gasteiger partial charge >= 0.3 is 5.97 Å². The van der Waals surface area contributed by atoms with Gasteiger partial charge in [0, 0.05) is 6.42 Å². The fraction of sp³-hybridized carbons (Fsp3) is 0.467. The first-order chi connectivity index (χ1) is 9.43. The van der Waals surface area contributed by atoms with Crippen LogP contribution in [0.3, 0.4) is 0 Å². The maximum Gasteiger partial charge on any atom is 0.324 e. The molecule has 2 rings (SSSR count). The maximum atomic E-state index is 12.3. The van der Waals surface area contributed by atoms with Crippen LogP contribution in [0.4, 0.5) is 0 Å². The number of carbonyl (C=O) groups excluding carboxylic acids is 2. The van der Waals surface area contributed by atoms with E-state index in [0.717, 1.165) is 0 Å². The molecule has 1 saturated carbocycles.